The van der Waals surface area contributed by atoms with Crippen molar-refractivity contribution in [3.05, 3.63) is 46.4 Å². The van der Waals surface area contributed by atoms with Gasteiger partial charge in [0.1, 0.15) is 12.0 Å². The summed E-state index contributed by atoms with van der Waals surface area (Å²) >= 11 is 0. The Morgan fingerprint density at radius 1 is 1.22 bits per heavy atom. The van der Waals surface area contributed by atoms with Crippen molar-refractivity contribution in [2.24, 2.45) is 0 Å². The Morgan fingerprint density at radius 2 is 2.04 bits per heavy atom. The second-order valence-corrected chi connectivity index (χ2v) is 5.67. The molecule has 1 N–H and O–H groups in total. The van der Waals surface area contributed by atoms with E-state index in [1.165, 1.54) is 17.8 Å². The molecule has 8 heteroatoms. The van der Waals surface area contributed by atoms with Crippen molar-refractivity contribution in [2.75, 3.05) is 37.6 Å². The highest BCUT2D eigenvalue weighted by atomic mass is 16.6. The SMILES string of the molecule is O=[N+]([O-])c1ccc(N2CCN(CCCc3cn[nH]c3)CC2)nc1. The largest absolute Gasteiger partial charge is 0.354 e. The van der Waals surface area contributed by atoms with E-state index < -0.39 is 4.92 Å². The Morgan fingerprint density at radius 3 is 2.65 bits per heavy atom. The van der Waals surface area contributed by atoms with Crippen LogP contribution in [0.5, 0.6) is 0 Å². The molecule has 0 unspecified atom stereocenters. The molecule has 0 atom stereocenters. The number of hydrogen-bond acceptors (Lipinski definition) is 6. The third-order valence-corrected chi connectivity index (χ3v) is 4.13. The second-order valence-electron chi connectivity index (χ2n) is 5.67. The van der Waals surface area contributed by atoms with Gasteiger partial charge in [0.2, 0.25) is 0 Å². The zero-order chi connectivity index (χ0) is 16.1. The van der Waals surface area contributed by atoms with Crippen LogP contribution in [0.15, 0.2) is 30.7 Å². The fourth-order valence-corrected chi connectivity index (χ4v) is 2.80. The Hall–Kier alpha value is -2.48. The average Bonchev–Trinajstić information content (AvgIpc) is 3.09. The number of aryl methyl sites for hydroxylation is 1. The highest BCUT2D eigenvalue weighted by Crippen LogP contribution is 2.17. The lowest BCUT2D eigenvalue weighted by Gasteiger charge is -2.35. The smallest absolute Gasteiger partial charge is 0.287 e. The molecule has 0 bridgehead atoms. The van der Waals surface area contributed by atoms with Crippen molar-refractivity contribution in [1.29, 1.82) is 0 Å². The number of H-pyrrole nitrogens is 1. The first kappa shape index (κ1) is 15.4. The van der Waals surface area contributed by atoms with E-state index in [9.17, 15) is 10.1 Å². The molecule has 0 aliphatic carbocycles. The van der Waals surface area contributed by atoms with Crippen molar-refractivity contribution < 1.29 is 4.92 Å². The van der Waals surface area contributed by atoms with E-state index in [0.29, 0.717) is 0 Å². The highest BCUT2D eigenvalue weighted by molar-refractivity contribution is 5.43. The summed E-state index contributed by atoms with van der Waals surface area (Å²) in [7, 11) is 0. The van der Waals surface area contributed by atoms with Gasteiger partial charge in [-0.3, -0.25) is 20.1 Å². The first-order chi connectivity index (χ1) is 11.2. The monoisotopic (exact) mass is 316 g/mol. The van der Waals surface area contributed by atoms with Gasteiger partial charge in [-0.2, -0.15) is 5.10 Å². The average molecular weight is 316 g/mol. The quantitative estimate of drug-likeness (QED) is 0.641. The van der Waals surface area contributed by atoms with E-state index >= 15 is 0 Å². The standard InChI is InChI=1S/C15H20N6O2/c22-21(23)14-3-4-15(16-12-14)20-8-6-19(7-9-20)5-1-2-13-10-17-18-11-13/h3-4,10-12H,1-2,5-9H2,(H,17,18). The summed E-state index contributed by atoms with van der Waals surface area (Å²) in [6, 6.07) is 3.24. The minimum Gasteiger partial charge on any atom is -0.354 e. The highest BCUT2D eigenvalue weighted by Gasteiger charge is 2.18. The molecule has 1 fully saturated rings. The number of rotatable bonds is 6. The molecule has 3 heterocycles. The van der Waals surface area contributed by atoms with Gasteiger partial charge in [0.25, 0.3) is 5.69 Å². The summed E-state index contributed by atoms with van der Waals surface area (Å²) in [5, 5.41) is 17.4. The minimum absolute atomic E-state index is 0.0339. The van der Waals surface area contributed by atoms with E-state index in [4.69, 9.17) is 0 Å². The van der Waals surface area contributed by atoms with Crippen LogP contribution in [0.3, 0.4) is 0 Å². The Kier molecular flexibility index (Phi) is 4.82. The number of hydrogen-bond donors (Lipinski definition) is 1. The van der Waals surface area contributed by atoms with Crippen LogP contribution in [0.4, 0.5) is 11.5 Å². The van der Waals surface area contributed by atoms with Gasteiger partial charge < -0.3 is 4.90 Å². The third-order valence-electron chi connectivity index (χ3n) is 4.13. The van der Waals surface area contributed by atoms with Crippen LogP contribution in [0.2, 0.25) is 0 Å². The summed E-state index contributed by atoms with van der Waals surface area (Å²) in [5.74, 6) is 0.814. The van der Waals surface area contributed by atoms with Crippen LogP contribution < -0.4 is 4.90 Å². The maximum absolute atomic E-state index is 10.7. The van der Waals surface area contributed by atoms with Crippen molar-refractivity contribution in [1.82, 2.24) is 20.1 Å². The van der Waals surface area contributed by atoms with E-state index in [-0.39, 0.29) is 5.69 Å². The van der Waals surface area contributed by atoms with Crippen LogP contribution in [0.25, 0.3) is 0 Å². The van der Waals surface area contributed by atoms with Gasteiger partial charge in [0.15, 0.2) is 0 Å². The molecule has 3 rings (SSSR count). The number of nitro groups is 1. The predicted molar refractivity (Wildman–Crippen MR) is 86.5 cm³/mol. The number of aromatic nitrogens is 3. The van der Waals surface area contributed by atoms with Crippen LogP contribution >= 0.6 is 0 Å². The lowest BCUT2D eigenvalue weighted by atomic mass is 10.2. The Balaban J connectivity index is 1.43. The predicted octanol–water partition coefficient (Wildman–Crippen LogP) is 1.47. The van der Waals surface area contributed by atoms with Crippen molar-refractivity contribution in [2.45, 2.75) is 12.8 Å². The fourth-order valence-electron chi connectivity index (χ4n) is 2.80. The molecule has 2 aromatic heterocycles. The van der Waals surface area contributed by atoms with Crippen LogP contribution in [0, 0.1) is 10.1 Å². The van der Waals surface area contributed by atoms with Gasteiger partial charge in [-0.1, -0.05) is 0 Å². The van der Waals surface area contributed by atoms with E-state index in [1.54, 1.807) is 6.07 Å². The van der Waals surface area contributed by atoms with Crippen LogP contribution in [-0.2, 0) is 6.42 Å². The number of pyridine rings is 1. The molecular weight excluding hydrogens is 296 g/mol. The topological polar surface area (TPSA) is 91.2 Å². The zero-order valence-electron chi connectivity index (χ0n) is 12.9. The summed E-state index contributed by atoms with van der Waals surface area (Å²) in [6.07, 6.45) is 7.30. The lowest BCUT2D eigenvalue weighted by Crippen LogP contribution is -2.47. The molecule has 0 spiro atoms. The molecule has 0 amide bonds. The van der Waals surface area contributed by atoms with E-state index in [2.05, 4.69) is 25.0 Å². The molecule has 1 aliphatic rings. The maximum Gasteiger partial charge on any atom is 0.287 e. The van der Waals surface area contributed by atoms with Gasteiger partial charge in [0.05, 0.1) is 11.1 Å². The maximum atomic E-state index is 10.7. The van der Waals surface area contributed by atoms with Crippen molar-refractivity contribution in [3.8, 4) is 0 Å². The molecule has 122 valence electrons. The van der Waals surface area contributed by atoms with Gasteiger partial charge in [-0.25, -0.2) is 4.98 Å². The molecule has 2 aromatic rings. The number of piperazine rings is 1. The van der Waals surface area contributed by atoms with Gasteiger partial charge in [-0.15, -0.1) is 0 Å². The Labute approximate surface area is 134 Å². The summed E-state index contributed by atoms with van der Waals surface area (Å²) in [4.78, 5) is 19.1. The lowest BCUT2D eigenvalue weighted by molar-refractivity contribution is -0.385. The molecule has 1 aliphatic heterocycles. The summed E-state index contributed by atoms with van der Waals surface area (Å²) in [6.45, 7) is 4.86. The number of anilines is 1. The number of nitrogens with zero attached hydrogens (tertiary/aromatic N) is 5. The molecule has 23 heavy (non-hydrogen) atoms. The summed E-state index contributed by atoms with van der Waals surface area (Å²) in [5.41, 5.74) is 1.28. The van der Waals surface area contributed by atoms with Crippen molar-refractivity contribution >= 4 is 11.5 Å². The molecular formula is C15H20N6O2. The Bertz CT molecular complexity index is 620. The van der Waals surface area contributed by atoms with Crippen LogP contribution in [0.1, 0.15) is 12.0 Å². The molecule has 0 saturated carbocycles. The van der Waals surface area contributed by atoms with E-state index in [1.807, 2.05) is 12.4 Å². The van der Waals surface area contributed by atoms with Gasteiger partial charge >= 0.3 is 0 Å². The molecule has 1 saturated heterocycles. The molecule has 0 aromatic carbocycles. The number of nitrogens with one attached hydrogen (secondary N) is 1. The fraction of sp³-hybridized carbons (Fsp3) is 0.467. The molecule has 0 radical (unpaired) electrons. The first-order valence-corrected chi connectivity index (χ1v) is 7.78. The van der Waals surface area contributed by atoms with Gasteiger partial charge in [-0.05, 0) is 31.0 Å². The summed E-state index contributed by atoms with van der Waals surface area (Å²) < 4.78 is 0. The minimum atomic E-state index is -0.422. The molecule has 8 nitrogen and oxygen atoms in total. The second kappa shape index (κ2) is 7.19. The first-order valence-electron chi connectivity index (χ1n) is 7.78. The third kappa shape index (κ3) is 4.04. The van der Waals surface area contributed by atoms with Gasteiger partial charge in [0, 0.05) is 38.4 Å². The normalized spacial score (nSPS) is 15.7. The van der Waals surface area contributed by atoms with Crippen LogP contribution in [-0.4, -0.2) is 57.7 Å². The van der Waals surface area contributed by atoms with Crippen molar-refractivity contribution in [3.63, 3.8) is 0 Å². The number of aromatic amines is 1. The zero-order valence-corrected chi connectivity index (χ0v) is 12.9. The van der Waals surface area contributed by atoms with E-state index in [0.717, 1.165) is 51.4 Å².